The second kappa shape index (κ2) is 8.51. The van der Waals surface area contributed by atoms with Gasteiger partial charge in [-0.2, -0.15) is 0 Å². The van der Waals surface area contributed by atoms with Crippen LogP contribution < -0.4 is 11.5 Å². The number of fused-ring (bicyclic) bond motifs is 2. The zero-order valence-corrected chi connectivity index (χ0v) is 19.3. The topological polar surface area (TPSA) is 113 Å². The molecule has 3 aromatic heterocycles. The van der Waals surface area contributed by atoms with E-state index in [-0.39, 0.29) is 17.9 Å². The van der Waals surface area contributed by atoms with Crippen molar-refractivity contribution in [2.24, 2.45) is 11.7 Å². The third-order valence-corrected chi connectivity index (χ3v) is 7.11. The Morgan fingerprint density at radius 3 is 2.40 bits per heavy atom. The van der Waals surface area contributed by atoms with Crippen molar-refractivity contribution in [1.82, 2.24) is 19.5 Å². The van der Waals surface area contributed by atoms with Gasteiger partial charge in [0.25, 0.3) is 0 Å². The van der Waals surface area contributed by atoms with Crippen LogP contribution in [0.1, 0.15) is 31.7 Å². The number of anilines is 1. The average molecular weight is 463 g/mol. The number of amides is 1. The van der Waals surface area contributed by atoms with E-state index in [0.717, 1.165) is 64.4 Å². The fraction of sp³-hybridized carbons (Fsp3) is 0.214. The largest absolute Gasteiger partial charge is 0.383 e. The first kappa shape index (κ1) is 21.3. The van der Waals surface area contributed by atoms with Gasteiger partial charge >= 0.3 is 0 Å². The Balaban J connectivity index is 1.38. The van der Waals surface area contributed by atoms with E-state index in [1.54, 1.807) is 0 Å². The summed E-state index contributed by atoms with van der Waals surface area (Å²) in [5, 5.41) is 1.90. The van der Waals surface area contributed by atoms with E-state index < -0.39 is 0 Å². The summed E-state index contributed by atoms with van der Waals surface area (Å²) in [6.45, 7) is 0. The van der Waals surface area contributed by atoms with Crippen molar-refractivity contribution >= 4 is 33.7 Å². The summed E-state index contributed by atoms with van der Waals surface area (Å²) < 4.78 is 2.18. The van der Waals surface area contributed by atoms with Gasteiger partial charge in [0.15, 0.2) is 5.82 Å². The number of benzene rings is 2. The summed E-state index contributed by atoms with van der Waals surface area (Å²) in [5.41, 5.74) is 16.5. The van der Waals surface area contributed by atoms with Crippen LogP contribution in [0.5, 0.6) is 0 Å². The molecular weight excluding hydrogens is 436 g/mol. The fourth-order valence-corrected chi connectivity index (χ4v) is 5.14. The lowest BCUT2D eigenvalue weighted by molar-refractivity contribution is -0.122. The van der Waals surface area contributed by atoms with E-state index in [1.165, 1.54) is 0 Å². The van der Waals surface area contributed by atoms with Crippen LogP contribution in [-0.4, -0.2) is 25.4 Å². The summed E-state index contributed by atoms with van der Waals surface area (Å²) in [5.74, 6) is 0.805. The maximum atomic E-state index is 11.6. The Hall–Kier alpha value is -4.26. The zero-order valence-electron chi connectivity index (χ0n) is 19.3. The summed E-state index contributed by atoms with van der Waals surface area (Å²) in [4.78, 5) is 26.0. The van der Waals surface area contributed by atoms with E-state index in [9.17, 15) is 4.79 Å². The number of aromatic nitrogens is 4. The lowest BCUT2D eigenvalue weighted by Gasteiger charge is -2.28. The van der Waals surface area contributed by atoms with Crippen LogP contribution in [0.2, 0.25) is 0 Å². The number of nitrogen functional groups attached to an aromatic ring is 1. The highest BCUT2D eigenvalue weighted by Crippen LogP contribution is 2.35. The van der Waals surface area contributed by atoms with Crippen molar-refractivity contribution in [3.63, 3.8) is 0 Å². The van der Waals surface area contributed by atoms with Gasteiger partial charge in [-0.05, 0) is 43.9 Å². The van der Waals surface area contributed by atoms with E-state index in [1.807, 2.05) is 54.7 Å². The van der Waals surface area contributed by atoms with E-state index in [4.69, 9.17) is 21.4 Å². The number of rotatable bonds is 4. The van der Waals surface area contributed by atoms with E-state index in [2.05, 4.69) is 27.8 Å². The van der Waals surface area contributed by atoms with Gasteiger partial charge in [0.1, 0.15) is 11.5 Å². The van der Waals surface area contributed by atoms with Gasteiger partial charge in [-0.1, -0.05) is 48.5 Å². The van der Waals surface area contributed by atoms with Crippen LogP contribution in [0.3, 0.4) is 0 Å². The number of nitrogens with zero attached hydrogens (tertiary/aromatic N) is 4. The molecule has 1 aliphatic carbocycles. The molecule has 0 spiro atoms. The SMILES string of the molecule is NC(=O)C1CCC(n2ccc3c(N)nc(-c4ccc5ccc(-c6ccccc6)nc5c4)nc32)CC1. The van der Waals surface area contributed by atoms with Crippen molar-refractivity contribution in [3.05, 3.63) is 72.9 Å². The number of carbonyl (C=O) groups is 1. The smallest absolute Gasteiger partial charge is 0.220 e. The highest BCUT2D eigenvalue weighted by molar-refractivity contribution is 5.90. The highest BCUT2D eigenvalue weighted by atomic mass is 16.1. The molecule has 0 radical (unpaired) electrons. The predicted molar refractivity (Wildman–Crippen MR) is 138 cm³/mol. The molecule has 1 saturated carbocycles. The fourth-order valence-electron chi connectivity index (χ4n) is 5.14. The van der Waals surface area contributed by atoms with Crippen LogP contribution in [0.4, 0.5) is 5.82 Å². The zero-order chi connectivity index (χ0) is 23.9. The first-order valence-corrected chi connectivity index (χ1v) is 12.0. The molecule has 0 saturated heterocycles. The number of primary amides is 1. The predicted octanol–water partition coefficient (Wildman–Crippen LogP) is 5.11. The minimum atomic E-state index is -0.199. The Labute approximate surface area is 202 Å². The van der Waals surface area contributed by atoms with Crippen molar-refractivity contribution < 1.29 is 4.79 Å². The number of hydrogen-bond donors (Lipinski definition) is 2. The third kappa shape index (κ3) is 3.89. The average Bonchev–Trinajstić information content (AvgIpc) is 3.33. The summed E-state index contributed by atoms with van der Waals surface area (Å²) in [6.07, 6.45) is 5.40. The number of nitrogens with two attached hydrogens (primary N) is 2. The number of hydrogen-bond acceptors (Lipinski definition) is 5. The summed E-state index contributed by atoms with van der Waals surface area (Å²) >= 11 is 0. The van der Waals surface area contributed by atoms with Gasteiger partial charge < -0.3 is 16.0 Å². The molecule has 0 unspecified atom stereocenters. The molecule has 6 rings (SSSR count). The van der Waals surface area contributed by atoms with Crippen molar-refractivity contribution in [3.8, 4) is 22.6 Å². The monoisotopic (exact) mass is 462 g/mol. The highest BCUT2D eigenvalue weighted by Gasteiger charge is 2.27. The lowest BCUT2D eigenvalue weighted by atomic mass is 9.85. The Kier molecular flexibility index (Phi) is 5.17. The van der Waals surface area contributed by atoms with Crippen LogP contribution >= 0.6 is 0 Å². The minimum absolute atomic E-state index is 0.0331. The van der Waals surface area contributed by atoms with Gasteiger partial charge in [0.2, 0.25) is 5.91 Å². The van der Waals surface area contributed by atoms with Crippen LogP contribution in [0, 0.1) is 5.92 Å². The van der Waals surface area contributed by atoms with Gasteiger partial charge in [-0.15, -0.1) is 0 Å². The van der Waals surface area contributed by atoms with E-state index in [0.29, 0.717) is 11.6 Å². The minimum Gasteiger partial charge on any atom is -0.383 e. The molecule has 35 heavy (non-hydrogen) atoms. The van der Waals surface area contributed by atoms with Gasteiger partial charge in [0, 0.05) is 34.7 Å². The van der Waals surface area contributed by atoms with Crippen LogP contribution in [0.25, 0.3) is 44.6 Å². The molecule has 1 aliphatic rings. The molecule has 1 amide bonds. The normalized spacial score (nSPS) is 18.2. The summed E-state index contributed by atoms with van der Waals surface area (Å²) in [7, 11) is 0. The third-order valence-electron chi connectivity index (χ3n) is 7.11. The quantitative estimate of drug-likeness (QED) is 0.385. The summed E-state index contributed by atoms with van der Waals surface area (Å²) in [6, 6.07) is 22.6. The second-order valence-corrected chi connectivity index (χ2v) is 9.27. The van der Waals surface area contributed by atoms with Crippen molar-refractivity contribution in [1.29, 1.82) is 0 Å². The maximum Gasteiger partial charge on any atom is 0.220 e. The first-order valence-electron chi connectivity index (χ1n) is 12.0. The van der Waals surface area contributed by atoms with Crippen LogP contribution in [0.15, 0.2) is 72.9 Å². The molecule has 7 nitrogen and oxygen atoms in total. The van der Waals surface area contributed by atoms with Gasteiger partial charge in [0.05, 0.1) is 16.6 Å². The first-order chi connectivity index (χ1) is 17.1. The lowest BCUT2D eigenvalue weighted by Crippen LogP contribution is -2.28. The molecular formula is C28H26N6O. The molecule has 3 heterocycles. The second-order valence-electron chi connectivity index (χ2n) is 9.27. The van der Waals surface area contributed by atoms with E-state index >= 15 is 0 Å². The molecule has 0 bridgehead atoms. The molecule has 2 aromatic carbocycles. The molecule has 0 aliphatic heterocycles. The molecule has 174 valence electrons. The van der Waals surface area contributed by atoms with Gasteiger partial charge in [-0.3, -0.25) is 4.79 Å². The Bertz CT molecular complexity index is 1550. The number of pyridine rings is 1. The molecule has 0 atom stereocenters. The standard InChI is InChI=1S/C28H26N6O/c29-25-22-14-15-34(21-11-8-19(9-12-21)26(30)35)28(22)33-27(32-25)20-7-6-18-10-13-23(31-24(18)16-20)17-4-2-1-3-5-17/h1-7,10,13-16,19,21H,8-9,11-12H2,(H2,30,35)(H2,29,32,33). The van der Waals surface area contributed by atoms with Crippen LogP contribution in [-0.2, 0) is 4.79 Å². The van der Waals surface area contributed by atoms with Crippen molar-refractivity contribution in [2.45, 2.75) is 31.7 Å². The molecule has 4 N–H and O–H groups in total. The Morgan fingerprint density at radius 2 is 1.63 bits per heavy atom. The molecule has 7 heteroatoms. The Morgan fingerprint density at radius 1 is 0.857 bits per heavy atom. The van der Waals surface area contributed by atoms with Gasteiger partial charge in [-0.25, -0.2) is 15.0 Å². The van der Waals surface area contributed by atoms with Crippen molar-refractivity contribution in [2.75, 3.05) is 5.73 Å². The molecule has 5 aromatic rings. The molecule has 1 fully saturated rings. The number of carbonyl (C=O) groups excluding carboxylic acids is 1. The maximum absolute atomic E-state index is 11.6.